The molecule has 0 aromatic carbocycles. The van der Waals surface area contributed by atoms with Gasteiger partial charge in [-0.2, -0.15) is 0 Å². The second-order valence-corrected chi connectivity index (χ2v) is 10.3. The normalized spacial score (nSPS) is 14.6. The van der Waals surface area contributed by atoms with E-state index in [4.69, 9.17) is 0 Å². The van der Waals surface area contributed by atoms with Crippen LogP contribution in [0.3, 0.4) is 0 Å². The highest BCUT2D eigenvalue weighted by atomic mass is 16.3. The van der Waals surface area contributed by atoms with Gasteiger partial charge in [0.2, 0.25) is 5.91 Å². The molecule has 0 heterocycles. The number of allylic oxidation sites excluding steroid dienone is 5. The van der Waals surface area contributed by atoms with E-state index in [1.165, 1.54) is 64.2 Å². The van der Waals surface area contributed by atoms with Crippen LogP contribution in [0.1, 0.15) is 136 Å². The van der Waals surface area contributed by atoms with Crippen LogP contribution in [0.25, 0.3) is 0 Å². The highest BCUT2D eigenvalue weighted by Crippen LogP contribution is 2.13. The lowest BCUT2D eigenvalue weighted by Crippen LogP contribution is -2.48. The van der Waals surface area contributed by atoms with Gasteiger partial charge < -0.3 is 20.6 Å². The Morgan fingerprint density at radius 3 is 1.62 bits per heavy atom. The van der Waals surface area contributed by atoms with Gasteiger partial charge in [0.1, 0.15) is 6.10 Å². The van der Waals surface area contributed by atoms with Crippen molar-refractivity contribution in [2.75, 3.05) is 6.61 Å². The fraction of sp³-hybridized carbons (Fsp3) is 0.781. The number of unbranched alkanes of at least 4 members (excludes halogenated alkanes) is 14. The minimum atomic E-state index is -1.10. The number of hydrogen-bond acceptors (Lipinski definition) is 4. The second-order valence-electron chi connectivity index (χ2n) is 10.3. The van der Waals surface area contributed by atoms with E-state index in [2.05, 4.69) is 43.5 Å². The van der Waals surface area contributed by atoms with Crippen LogP contribution in [0.15, 0.2) is 36.5 Å². The van der Waals surface area contributed by atoms with Gasteiger partial charge in [0.15, 0.2) is 0 Å². The van der Waals surface area contributed by atoms with E-state index in [9.17, 15) is 20.1 Å². The van der Waals surface area contributed by atoms with E-state index in [-0.39, 0.29) is 6.61 Å². The SMILES string of the molecule is CC/C=C/CC/C=C/CC/C=C/C(O)C(CO)NC(=O)C(O)CCCCCCCCCCCCCCC. The van der Waals surface area contributed by atoms with Crippen LogP contribution in [0.2, 0.25) is 0 Å². The molecule has 0 aliphatic heterocycles. The predicted octanol–water partition coefficient (Wildman–Crippen LogP) is 7.31. The molecule has 0 aliphatic carbocycles. The van der Waals surface area contributed by atoms with Crippen molar-refractivity contribution in [3.8, 4) is 0 Å². The Morgan fingerprint density at radius 2 is 1.14 bits per heavy atom. The van der Waals surface area contributed by atoms with Gasteiger partial charge in [-0.25, -0.2) is 0 Å². The summed E-state index contributed by atoms with van der Waals surface area (Å²) < 4.78 is 0. The first-order valence-electron chi connectivity index (χ1n) is 15.3. The summed E-state index contributed by atoms with van der Waals surface area (Å²) in [5.74, 6) is -0.523. The molecule has 5 heteroatoms. The third kappa shape index (κ3) is 23.4. The first-order chi connectivity index (χ1) is 18.1. The number of aliphatic hydroxyl groups excluding tert-OH is 3. The van der Waals surface area contributed by atoms with E-state index < -0.39 is 24.2 Å². The van der Waals surface area contributed by atoms with Gasteiger partial charge in [0, 0.05) is 0 Å². The van der Waals surface area contributed by atoms with E-state index in [1.807, 2.05) is 6.08 Å². The zero-order chi connectivity index (χ0) is 27.4. The molecule has 0 saturated heterocycles. The zero-order valence-electron chi connectivity index (χ0n) is 24.1. The summed E-state index contributed by atoms with van der Waals surface area (Å²) in [7, 11) is 0. The fourth-order valence-electron chi connectivity index (χ4n) is 4.28. The third-order valence-electron chi connectivity index (χ3n) is 6.72. The fourth-order valence-corrected chi connectivity index (χ4v) is 4.28. The smallest absolute Gasteiger partial charge is 0.249 e. The molecular weight excluding hydrogens is 462 g/mol. The molecule has 4 N–H and O–H groups in total. The van der Waals surface area contributed by atoms with Crippen molar-refractivity contribution in [2.24, 2.45) is 0 Å². The van der Waals surface area contributed by atoms with Crippen molar-refractivity contribution >= 4 is 5.91 Å². The van der Waals surface area contributed by atoms with Gasteiger partial charge >= 0.3 is 0 Å². The molecule has 216 valence electrons. The quantitative estimate of drug-likeness (QED) is 0.0710. The molecule has 3 unspecified atom stereocenters. The van der Waals surface area contributed by atoms with Gasteiger partial charge in [0.05, 0.1) is 18.8 Å². The van der Waals surface area contributed by atoms with Gasteiger partial charge in [0.25, 0.3) is 0 Å². The molecule has 0 aromatic heterocycles. The summed E-state index contributed by atoms with van der Waals surface area (Å²) in [5, 5.41) is 32.6. The number of rotatable bonds is 26. The third-order valence-corrected chi connectivity index (χ3v) is 6.72. The maximum absolute atomic E-state index is 12.3. The predicted molar refractivity (Wildman–Crippen MR) is 158 cm³/mol. The molecule has 0 saturated carbocycles. The molecule has 5 nitrogen and oxygen atoms in total. The van der Waals surface area contributed by atoms with Gasteiger partial charge in [-0.1, -0.05) is 134 Å². The topological polar surface area (TPSA) is 89.8 Å². The Hall–Kier alpha value is -1.43. The van der Waals surface area contributed by atoms with Crippen LogP contribution < -0.4 is 5.32 Å². The highest BCUT2D eigenvalue weighted by molar-refractivity contribution is 5.80. The molecule has 0 aliphatic rings. The number of carbonyl (C=O) groups excluding carboxylic acids is 1. The van der Waals surface area contributed by atoms with Crippen molar-refractivity contribution in [1.29, 1.82) is 0 Å². The molecule has 3 atom stereocenters. The Balaban J connectivity index is 3.87. The Bertz CT molecular complexity index is 587. The molecular formula is C32H59NO4. The summed E-state index contributed by atoms with van der Waals surface area (Å²) >= 11 is 0. The molecule has 0 rings (SSSR count). The van der Waals surface area contributed by atoms with Crippen molar-refractivity contribution in [2.45, 2.75) is 154 Å². The van der Waals surface area contributed by atoms with E-state index in [0.29, 0.717) is 6.42 Å². The highest BCUT2D eigenvalue weighted by Gasteiger charge is 2.22. The van der Waals surface area contributed by atoms with Crippen LogP contribution in [0.5, 0.6) is 0 Å². The minimum Gasteiger partial charge on any atom is -0.394 e. The van der Waals surface area contributed by atoms with Crippen molar-refractivity contribution in [3.63, 3.8) is 0 Å². The summed E-state index contributed by atoms with van der Waals surface area (Å²) in [5.41, 5.74) is 0. The monoisotopic (exact) mass is 521 g/mol. The summed E-state index contributed by atoms with van der Waals surface area (Å²) in [4.78, 5) is 12.3. The van der Waals surface area contributed by atoms with Crippen LogP contribution in [0.4, 0.5) is 0 Å². The minimum absolute atomic E-state index is 0.381. The average Bonchev–Trinajstić information content (AvgIpc) is 2.90. The number of carbonyl (C=O) groups is 1. The maximum Gasteiger partial charge on any atom is 0.249 e. The number of hydrogen-bond donors (Lipinski definition) is 4. The lowest BCUT2D eigenvalue weighted by atomic mass is 10.0. The molecule has 0 aromatic rings. The van der Waals surface area contributed by atoms with E-state index >= 15 is 0 Å². The maximum atomic E-state index is 12.3. The molecule has 0 bridgehead atoms. The molecule has 0 fully saturated rings. The van der Waals surface area contributed by atoms with Crippen molar-refractivity contribution in [3.05, 3.63) is 36.5 Å². The number of aliphatic hydroxyl groups is 3. The first-order valence-corrected chi connectivity index (χ1v) is 15.3. The first kappa shape index (κ1) is 35.6. The van der Waals surface area contributed by atoms with Crippen LogP contribution in [0, 0.1) is 0 Å². The van der Waals surface area contributed by atoms with Crippen molar-refractivity contribution < 1.29 is 20.1 Å². The van der Waals surface area contributed by atoms with E-state index in [1.54, 1.807) is 6.08 Å². The molecule has 37 heavy (non-hydrogen) atoms. The molecule has 1 amide bonds. The van der Waals surface area contributed by atoms with Gasteiger partial charge in [-0.3, -0.25) is 4.79 Å². The Labute approximate surface area is 228 Å². The summed E-state index contributed by atoms with van der Waals surface area (Å²) in [6.45, 7) is 4.00. The molecule has 0 radical (unpaired) electrons. The summed E-state index contributed by atoms with van der Waals surface area (Å²) in [6.07, 6.45) is 31.6. The van der Waals surface area contributed by atoms with Crippen molar-refractivity contribution in [1.82, 2.24) is 5.32 Å². The van der Waals surface area contributed by atoms with E-state index in [0.717, 1.165) is 51.4 Å². The number of nitrogens with one attached hydrogen (secondary N) is 1. The largest absolute Gasteiger partial charge is 0.394 e. The van der Waals surface area contributed by atoms with Crippen LogP contribution in [-0.2, 0) is 4.79 Å². The van der Waals surface area contributed by atoms with Crippen LogP contribution >= 0.6 is 0 Å². The number of amides is 1. The van der Waals surface area contributed by atoms with Crippen LogP contribution in [-0.4, -0.2) is 46.1 Å². The standard InChI is InChI=1S/C32H59NO4/c1-3-5-7-9-11-13-15-16-17-19-21-23-25-27-31(36)32(37)33-29(28-34)30(35)26-24-22-20-18-14-12-10-8-6-4-2/h6,8,14,18,24,26,29-31,34-36H,3-5,7,9-13,15-17,19-23,25,27-28H2,1-2H3,(H,33,37)/b8-6+,18-14+,26-24+. The Morgan fingerprint density at radius 1 is 0.676 bits per heavy atom. The molecule has 0 spiro atoms. The Kier molecular flexibility index (Phi) is 26.5. The van der Waals surface area contributed by atoms with Gasteiger partial charge in [-0.05, 0) is 38.5 Å². The average molecular weight is 522 g/mol. The lowest BCUT2D eigenvalue weighted by Gasteiger charge is -2.21. The lowest BCUT2D eigenvalue weighted by molar-refractivity contribution is -0.131. The zero-order valence-corrected chi connectivity index (χ0v) is 24.1. The second kappa shape index (κ2) is 27.6. The summed E-state index contributed by atoms with van der Waals surface area (Å²) in [6, 6.07) is -0.814. The van der Waals surface area contributed by atoms with Gasteiger partial charge in [-0.15, -0.1) is 0 Å².